The fraction of sp³-hybridized carbons (Fsp3) is 0.300. The van der Waals surface area contributed by atoms with Crippen LogP contribution >= 0.6 is 22.9 Å². The molecule has 0 atom stereocenters. The van der Waals surface area contributed by atoms with Crippen LogP contribution in [0.2, 0.25) is 0 Å². The quantitative estimate of drug-likeness (QED) is 0.909. The van der Waals surface area contributed by atoms with Gasteiger partial charge in [0.1, 0.15) is 21.6 Å². The van der Waals surface area contributed by atoms with Crippen molar-refractivity contribution >= 4 is 27.9 Å². The monoisotopic (exact) mass is 250 g/mol. The number of nitriles is 1. The van der Waals surface area contributed by atoms with Crippen LogP contribution in [0.15, 0.2) is 5.38 Å². The normalized spacial score (nSPS) is 10.1. The average Bonchev–Trinajstić information content (AvgIpc) is 2.82. The second-order valence-electron chi connectivity index (χ2n) is 3.32. The Morgan fingerprint density at radius 1 is 1.50 bits per heavy atom. The van der Waals surface area contributed by atoms with Crippen LogP contribution < -0.4 is 5.32 Å². The predicted octanol–water partition coefficient (Wildman–Crippen LogP) is 2.70. The maximum absolute atomic E-state index is 8.95. The van der Waals surface area contributed by atoms with Crippen molar-refractivity contribution in [1.82, 2.24) is 9.36 Å². The summed E-state index contributed by atoms with van der Waals surface area (Å²) in [5, 5.41) is 16.0. The van der Waals surface area contributed by atoms with Crippen LogP contribution in [-0.2, 0) is 6.54 Å². The third-order valence-electron chi connectivity index (χ3n) is 2.04. The van der Waals surface area contributed by atoms with Crippen molar-refractivity contribution in [1.29, 1.82) is 5.26 Å². The minimum atomic E-state index is 0.637. The molecule has 0 aromatic carbocycles. The number of aromatic nitrogens is 2. The molecular formula is C10H10N4S2. The van der Waals surface area contributed by atoms with Crippen molar-refractivity contribution in [2.24, 2.45) is 0 Å². The Morgan fingerprint density at radius 2 is 2.31 bits per heavy atom. The second kappa shape index (κ2) is 4.60. The van der Waals surface area contributed by atoms with E-state index >= 15 is 0 Å². The van der Waals surface area contributed by atoms with Crippen LogP contribution in [0.4, 0.5) is 5.00 Å². The largest absolute Gasteiger partial charge is 0.368 e. The Labute approximate surface area is 102 Å². The summed E-state index contributed by atoms with van der Waals surface area (Å²) in [7, 11) is 0. The van der Waals surface area contributed by atoms with E-state index < -0.39 is 0 Å². The van der Waals surface area contributed by atoms with Crippen LogP contribution in [0.25, 0.3) is 0 Å². The topological polar surface area (TPSA) is 61.6 Å². The van der Waals surface area contributed by atoms with E-state index in [9.17, 15) is 0 Å². The first kappa shape index (κ1) is 11.0. The van der Waals surface area contributed by atoms with Gasteiger partial charge in [0.15, 0.2) is 0 Å². The van der Waals surface area contributed by atoms with Gasteiger partial charge in [-0.05, 0) is 25.4 Å². The van der Waals surface area contributed by atoms with Crippen LogP contribution in [0, 0.1) is 25.2 Å². The van der Waals surface area contributed by atoms with Gasteiger partial charge < -0.3 is 5.32 Å². The van der Waals surface area contributed by atoms with E-state index in [-0.39, 0.29) is 0 Å². The van der Waals surface area contributed by atoms with Gasteiger partial charge in [-0.1, -0.05) is 0 Å². The van der Waals surface area contributed by atoms with Gasteiger partial charge in [0.2, 0.25) is 0 Å². The molecule has 0 aliphatic rings. The molecule has 6 heteroatoms. The molecule has 2 heterocycles. The van der Waals surface area contributed by atoms with Crippen molar-refractivity contribution in [2.45, 2.75) is 20.4 Å². The highest BCUT2D eigenvalue weighted by molar-refractivity contribution is 7.10. The van der Waals surface area contributed by atoms with Gasteiger partial charge in [-0.15, -0.1) is 11.3 Å². The highest BCUT2D eigenvalue weighted by atomic mass is 32.1. The molecule has 0 bridgehead atoms. The molecule has 82 valence electrons. The third kappa shape index (κ3) is 2.21. The molecule has 0 aliphatic carbocycles. The molecule has 0 amide bonds. The molecule has 0 fully saturated rings. The molecule has 2 rings (SSSR count). The summed E-state index contributed by atoms with van der Waals surface area (Å²) in [6.07, 6.45) is 0. The number of nitrogens with zero attached hydrogens (tertiary/aromatic N) is 3. The number of thiazole rings is 1. The highest BCUT2D eigenvalue weighted by Crippen LogP contribution is 2.24. The summed E-state index contributed by atoms with van der Waals surface area (Å²) in [4.78, 5) is 4.35. The summed E-state index contributed by atoms with van der Waals surface area (Å²) in [6.45, 7) is 4.46. The van der Waals surface area contributed by atoms with E-state index in [1.54, 1.807) is 11.3 Å². The fourth-order valence-electron chi connectivity index (χ4n) is 1.26. The van der Waals surface area contributed by atoms with Crippen molar-refractivity contribution in [3.8, 4) is 6.07 Å². The zero-order chi connectivity index (χ0) is 11.5. The number of hydrogen-bond donors (Lipinski definition) is 1. The first-order valence-corrected chi connectivity index (χ1v) is 6.37. The minimum Gasteiger partial charge on any atom is -0.368 e. The predicted molar refractivity (Wildman–Crippen MR) is 65.7 cm³/mol. The molecule has 0 saturated heterocycles. The van der Waals surface area contributed by atoms with Gasteiger partial charge in [-0.2, -0.15) is 9.64 Å². The van der Waals surface area contributed by atoms with E-state index in [1.165, 1.54) is 11.5 Å². The van der Waals surface area contributed by atoms with E-state index in [0.717, 1.165) is 21.4 Å². The molecule has 1 N–H and O–H groups in total. The van der Waals surface area contributed by atoms with Gasteiger partial charge in [0.25, 0.3) is 0 Å². The smallest absolute Gasteiger partial charge is 0.128 e. The fourth-order valence-corrected chi connectivity index (χ4v) is 2.71. The molecule has 2 aromatic rings. The lowest BCUT2D eigenvalue weighted by Gasteiger charge is -1.99. The van der Waals surface area contributed by atoms with Crippen LogP contribution in [0.1, 0.15) is 22.0 Å². The van der Waals surface area contributed by atoms with E-state index in [1.807, 2.05) is 19.2 Å². The summed E-state index contributed by atoms with van der Waals surface area (Å²) in [5.41, 5.74) is 2.45. The van der Waals surface area contributed by atoms with Crippen molar-refractivity contribution in [2.75, 3.05) is 5.32 Å². The van der Waals surface area contributed by atoms with E-state index in [4.69, 9.17) is 5.26 Å². The van der Waals surface area contributed by atoms with E-state index in [2.05, 4.69) is 20.7 Å². The molecule has 16 heavy (non-hydrogen) atoms. The van der Waals surface area contributed by atoms with Crippen LogP contribution in [0.5, 0.6) is 0 Å². The number of aryl methyl sites for hydroxylation is 2. The number of rotatable bonds is 3. The summed E-state index contributed by atoms with van der Waals surface area (Å²) in [5.74, 6) is 0. The molecule has 0 radical (unpaired) electrons. The van der Waals surface area contributed by atoms with Crippen LogP contribution in [-0.4, -0.2) is 9.36 Å². The van der Waals surface area contributed by atoms with Gasteiger partial charge in [-0.3, -0.25) is 0 Å². The molecule has 0 saturated carbocycles. The lowest BCUT2D eigenvalue weighted by molar-refractivity contribution is 1.08. The second-order valence-corrected chi connectivity index (χ2v) is 5.04. The number of hydrogen-bond acceptors (Lipinski definition) is 6. The molecule has 0 spiro atoms. The number of anilines is 1. The van der Waals surface area contributed by atoms with Crippen molar-refractivity contribution in [3.63, 3.8) is 0 Å². The highest BCUT2D eigenvalue weighted by Gasteiger charge is 2.09. The van der Waals surface area contributed by atoms with Gasteiger partial charge in [0.05, 0.1) is 12.2 Å². The molecule has 0 unspecified atom stereocenters. The number of nitrogens with one attached hydrogen (secondary N) is 1. The van der Waals surface area contributed by atoms with Gasteiger partial charge in [0, 0.05) is 11.1 Å². The summed E-state index contributed by atoms with van der Waals surface area (Å²) < 4.78 is 4.14. The Bertz CT molecular complexity index is 535. The summed E-state index contributed by atoms with van der Waals surface area (Å²) in [6, 6.07) is 2.15. The minimum absolute atomic E-state index is 0.637. The van der Waals surface area contributed by atoms with Gasteiger partial charge >= 0.3 is 0 Å². The average molecular weight is 250 g/mol. The third-order valence-corrected chi connectivity index (χ3v) is 3.90. The lowest BCUT2D eigenvalue weighted by Crippen LogP contribution is -1.98. The SMILES string of the molecule is Cc1csc(CNc2snc(C)c2C#N)n1. The Morgan fingerprint density at radius 3 is 2.94 bits per heavy atom. The lowest BCUT2D eigenvalue weighted by atomic mass is 10.3. The first-order chi connectivity index (χ1) is 7.70. The maximum atomic E-state index is 8.95. The van der Waals surface area contributed by atoms with Crippen LogP contribution in [0.3, 0.4) is 0 Å². The van der Waals surface area contributed by atoms with Gasteiger partial charge in [-0.25, -0.2) is 4.98 Å². The van der Waals surface area contributed by atoms with Crippen molar-refractivity contribution in [3.05, 3.63) is 27.3 Å². The summed E-state index contributed by atoms with van der Waals surface area (Å²) >= 11 is 2.94. The Balaban J connectivity index is 2.08. The first-order valence-electron chi connectivity index (χ1n) is 4.72. The molecular weight excluding hydrogens is 240 g/mol. The zero-order valence-electron chi connectivity index (χ0n) is 8.94. The Hall–Kier alpha value is -1.45. The standard InChI is InChI=1S/C10H10N4S2/c1-6-5-15-9(13-6)4-12-10-8(3-11)7(2)14-16-10/h5,12H,4H2,1-2H3. The molecule has 2 aromatic heterocycles. The maximum Gasteiger partial charge on any atom is 0.128 e. The van der Waals surface area contributed by atoms with E-state index in [0.29, 0.717) is 12.1 Å². The molecule has 4 nitrogen and oxygen atoms in total. The Kier molecular flexibility index (Phi) is 3.17. The zero-order valence-corrected chi connectivity index (χ0v) is 10.6. The van der Waals surface area contributed by atoms with Crippen molar-refractivity contribution < 1.29 is 0 Å². The molecule has 0 aliphatic heterocycles.